The minimum Gasteiger partial charge on any atom is -0.329 e. The van der Waals surface area contributed by atoms with Gasteiger partial charge in [-0.05, 0) is 37.8 Å². The molecule has 1 aliphatic heterocycles. The zero-order valence-corrected chi connectivity index (χ0v) is 12.2. The Bertz CT molecular complexity index is 510. The van der Waals surface area contributed by atoms with Crippen molar-refractivity contribution in [3.05, 3.63) is 21.9 Å². The lowest BCUT2D eigenvalue weighted by atomic mass is 9.95. The van der Waals surface area contributed by atoms with Crippen LogP contribution in [0, 0.1) is 6.92 Å². The van der Waals surface area contributed by atoms with E-state index in [-0.39, 0.29) is 24.4 Å². The maximum Gasteiger partial charge on any atom is 0.246 e. The van der Waals surface area contributed by atoms with Crippen LogP contribution in [0.1, 0.15) is 30.3 Å². The first-order valence-corrected chi connectivity index (χ1v) is 7.11. The highest BCUT2D eigenvalue weighted by molar-refractivity contribution is 7.10. The van der Waals surface area contributed by atoms with Gasteiger partial charge in [0, 0.05) is 11.4 Å². The Morgan fingerprint density at radius 1 is 1.53 bits per heavy atom. The summed E-state index contributed by atoms with van der Waals surface area (Å²) in [5.74, 6) is -0.534. The Hall–Kier alpha value is -1.24. The largest absolute Gasteiger partial charge is 0.329 e. The van der Waals surface area contributed by atoms with Crippen LogP contribution in [-0.4, -0.2) is 35.3 Å². The molecule has 1 aromatic heterocycles. The summed E-state index contributed by atoms with van der Waals surface area (Å²) >= 11 is 1.61. The van der Waals surface area contributed by atoms with Crippen molar-refractivity contribution in [3.8, 4) is 0 Å². The molecule has 3 N–H and O–H groups in total. The van der Waals surface area contributed by atoms with Gasteiger partial charge >= 0.3 is 0 Å². The molecule has 1 fully saturated rings. The van der Waals surface area contributed by atoms with Gasteiger partial charge in [0.15, 0.2) is 0 Å². The van der Waals surface area contributed by atoms with Gasteiger partial charge in [0.2, 0.25) is 11.8 Å². The molecule has 0 aromatic carbocycles. The Kier molecular flexibility index (Phi) is 3.75. The second-order valence-corrected chi connectivity index (χ2v) is 6.23. The minimum atomic E-state index is -0.742. The van der Waals surface area contributed by atoms with Gasteiger partial charge in [-0.25, -0.2) is 0 Å². The number of carbonyl (C=O) groups excluding carboxylic acids is 2. The maximum absolute atomic E-state index is 12.0. The molecular formula is C13H19N3O2S. The zero-order valence-electron chi connectivity index (χ0n) is 11.4. The Labute approximate surface area is 116 Å². The zero-order chi connectivity index (χ0) is 14.2. The lowest BCUT2D eigenvalue weighted by Crippen LogP contribution is -2.65. The van der Waals surface area contributed by atoms with Gasteiger partial charge < -0.3 is 5.73 Å². The van der Waals surface area contributed by atoms with Crippen LogP contribution >= 0.6 is 11.3 Å². The van der Waals surface area contributed by atoms with Crippen molar-refractivity contribution in [1.82, 2.24) is 10.2 Å². The average Bonchev–Trinajstić information content (AvgIpc) is 2.74. The molecule has 1 saturated heterocycles. The van der Waals surface area contributed by atoms with Crippen LogP contribution in [0.4, 0.5) is 0 Å². The molecule has 0 aliphatic carbocycles. The summed E-state index contributed by atoms with van der Waals surface area (Å²) in [6, 6.07) is 1.92. The molecule has 1 aromatic rings. The second-order valence-electron chi connectivity index (χ2n) is 5.28. The first kappa shape index (κ1) is 14.2. The van der Waals surface area contributed by atoms with E-state index < -0.39 is 5.54 Å². The quantitative estimate of drug-likeness (QED) is 0.803. The summed E-state index contributed by atoms with van der Waals surface area (Å²) in [6.45, 7) is 6.23. The van der Waals surface area contributed by atoms with E-state index in [1.807, 2.05) is 37.1 Å². The van der Waals surface area contributed by atoms with E-state index in [9.17, 15) is 9.59 Å². The smallest absolute Gasteiger partial charge is 0.246 e. The number of carbonyl (C=O) groups is 2. The van der Waals surface area contributed by atoms with Crippen LogP contribution in [0.3, 0.4) is 0 Å². The fraction of sp³-hybridized carbons (Fsp3) is 0.538. The highest BCUT2D eigenvalue weighted by Gasteiger charge is 2.44. The van der Waals surface area contributed by atoms with Gasteiger partial charge in [-0.3, -0.25) is 19.8 Å². The van der Waals surface area contributed by atoms with Crippen LogP contribution in [0.5, 0.6) is 0 Å². The highest BCUT2D eigenvalue weighted by atomic mass is 32.1. The van der Waals surface area contributed by atoms with Gasteiger partial charge in [-0.2, -0.15) is 0 Å². The van der Waals surface area contributed by atoms with Gasteiger partial charge in [0.05, 0.1) is 18.1 Å². The molecule has 1 unspecified atom stereocenters. The first-order valence-electron chi connectivity index (χ1n) is 6.23. The molecule has 104 valence electrons. The molecule has 0 saturated carbocycles. The number of nitrogens with zero attached hydrogens (tertiary/aromatic N) is 1. The number of nitrogens with two attached hydrogens (primary N) is 1. The van der Waals surface area contributed by atoms with Gasteiger partial charge in [-0.1, -0.05) is 0 Å². The predicted octanol–water partition coefficient (Wildman–Crippen LogP) is 0.793. The summed E-state index contributed by atoms with van der Waals surface area (Å²) < 4.78 is 0. The van der Waals surface area contributed by atoms with Crippen molar-refractivity contribution in [2.45, 2.75) is 32.4 Å². The first-order chi connectivity index (χ1) is 8.87. The van der Waals surface area contributed by atoms with Crippen molar-refractivity contribution >= 4 is 23.2 Å². The van der Waals surface area contributed by atoms with E-state index >= 15 is 0 Å². The molecule has 5 nitrogen and oxygen atoms in total. The molecule has 2 rings (SSSR count). The Morgan fingerprint density at radius 2 is 2.21 bits per heavy atom. The van der Waals surface area contributed by atoms with E-state index in [0.717, 1.165) is 10.4 Å². The van der Waals surface area contributed by atoms with E-state index in [1.165, 1.54) is 0 Å². The monoisotopic (exact) mass is 281 g/mol. The molecule has 0 spiro atoms. The molecule has 19 heavy (non-hydrogen) atoms. The third-order valence-electron chi connectivity index (χ3n) is 3.64. The number of hydrogen-bond donors (Lipinski definition) is 2. The number of imide groups is 1. The number of piperazine rings is 1. The fourth-order valence-electron chi connectivity index (χ4n) is 2.40. The van der Waals surface area contributed by atoms with E-state index in [0.29, 0.717) is 6.54 Å². The number of rotatable bonds is 3. The third kappa shape index (κ3) is 2.43. The topological polar surface area (TPSA) is 75.4 Å². The van der Waals surface area contributed by atoms with Crippen LogP contribution < -0.4 is 11.1 Å². The molecule has 0 radical (unpaired) electrons. The standard InChI is InChI=1S/C13H19N3O2S/c1-8-4-5-19-11(8)9(6-14)16-7-10(17)15-12(18)13(16,2)3/h4-5,9H,6-7,14H2,1-3H3,(H,15,17,18). The Morgan fingerprint density at radius 3 is 2.74 bits per heavy atom. The number of thiophene rings is 1. The minimum absolute atomic E-state index is 0.106. The van der Waals surface area contributed by atoms with Crippen LogP contribution in [0.2, 0.25) is 0 Å². The molecule has 2 amide bonds. The number of hydrogen-bond acceptors (Lipinski definition) is 5. The molecule has 6 heteroatoms. The van der Waals surface area contributed by atoms with Gasteiger partial charge in [0.25, 0.3) is 0 Å². The molecule has 0 bridgehead atoms. The van der Waals surface area contributed by atoms with E-state index in [4.69, 9.17) is 5.73 Å². The van der Waals surface area contributed by atoms with E-state index in [2.05, 4.69) is 5.32 Å². The Balaban J connectivity index is 2.39. The molecular weight excluding hydrogens is 262 g/mol. The average molecular weight is 281 g/mol. The normalized spacial score (nSPS) is 21.3. The summed E-state index contributed by atoms with van der Waals surface area (Å²) in [4.78, 5) is 26.7. The number of aryl methyl sites for hydroxylation is 1. The summed E-state index contributed by atoms with van der Waals surface area (Å²) in [5, 5.41) is 4.39. The lowest BCUT2D eigenvalue weighted by molar-refractivity contribution is -0.147. The SMILES string of the molecule is Cc1ccsc1C(CN)N1CC(=O)NC(=O)C1(C)C. The van der Waals surface area contributed by atoms with Crippen molar-refractivity contribution < 1.29 is 9.59 Å². The number of nitrogens with one attached hydrogen (secondary N) is 1. The number of amides is 2. The summed E-state index contributed by atoms with van der Waals surface area (Å²) in [7, 11) is 0. The van der Waals surface area contributed by atoms with Crippen LogP contribution in [0.25, 0.3) is 0 Å². The van der Waals surface area contributed by atoms with Crippen molar-refractivity contribution in [1.29, 1.82) is 0 Å². The van der Waals surface area contributed by atoms with Crippen LogP contribution in [-0.2, 0) is 9.59 Å². The fourth-order valence-corrected chi connectivity index (χ4v) is 3.46. The van der Waals surface area contributed by atoms with Crippen molar-refractivity contribution in [2.24, 2.45) is 5.73 Å². The molecule has 2 heterocycles. The summed E-state index contributed by atoms with van der Waals surface area (Å²) in [5.41, 5.74) is 6.30. The lowest BCUT2D eigenvalue weighted by Gasteiger charge is -2.44. The van der Waals surface area contributed by atoms with Gasteiger partial charge in [0.1, 0.15) is 0 Å². The maximum atomic E-state index is 12.0. The highest BCUT2D eigenvalue weighted by Crippen LogP contribution is 2.33. The third-order valence-corrected chi connectivity index (χ3v) is 4.76. The second kappa shape index (κ2) is 5.03. The van der Waals surface area contributed by atoms with Crippen molar-refractivity contribution in [2.75, 3.05) is 13.1 Å². The molecule has 1 aliphatic rings. The summed E-state index contributed by atoms with van der Waals surface area (Å²) in [6.07, 6.45) is 0. The van der Waals surface area contributed by atoms with Crippen LogP contribution in [0.15, 0.2) is 11.4 Å². The predicted molar refractivity (Wildman–Crippen MR) is 74.8 cm³/mol. The van der Waals surface area contributed by atoms with Gasteiger partial charge in [-0.15, -0.1) is 11.3 Å². The molecule has 1 atom stereocenters. The van der Waals surface area contributed by atoms with E-state index in [1.54, 1.807) is 11.3 Å². The van der Waals surface area contributed by atoms with Crippen molar-refractivity contribution in [3.63, 3.8) is 0 Å².